The summed E-state index contributed by atoms with van der Waals surface area (Å²) in [5.41, 5.74) is -2.80. The summed E-state index contributed by atoms with van der Waals surface area (Å²) < 4.78 is 28.1. The molecule has 9 heteroatoms. The Morgan fingerprint density at radius 1 is 0.881 bits per heavy atom. The first-order valence-electron chi connectivity index (χ1n) is 14.3. The Morgan fingerprint density at radius 3 is 2.17 bits per heavy atom. The van der Waals surface area contributed by atoms with E-state index in [0.717, 1.165) is 6.07 Å². The summed E-state index contributed by atoms with van der Waals surface area (Å²) >= 11 is 0. The first-order chi connectivity index (χ1) is 20.0. The van der Waals surface area contributed by atoms with E-state index in [1.54, 1.807) is 61.2 Å². The lowest BCUT2D eigenvalue weighted by atomic mass is 9.71. The molecule has 1 aliphatic rings. The highest BCUT2D eigenvalue weighted by molar-refractivity contribution is 5.95. The number of anilines is 1. The maximum absolute atomic E-state index is 14.2. The number of nitrogens with one attached hydrogen (secondary N) is 1. The van der Waals surface area contributed by atoms with Crippen LogP contribution in [0.15, 0.2) is 78.9 Å². The van der Waals surface area contributed by atoms with Crippen molar-refractivity contribution in [3.63, 3.8) is 0 Å². The summed E-state index contributed by atoms with van der Waals surface area (Å²) in [6, 6.07) is 18.7. The Bertz CT molecular complexity index is 1370. The van der Waals surface area contributed by atoms with Crippen LogP contribution in [-0.2, 0) is 15.2 Å². The molecule has 0 radical (unpaired) electrons. The molecule has 1 aliphatic heterocycles. The van der Waals surface area contributed by atoms with Gasteiger partial charge in [0.25, 0.3) is 0 Å². The van der Waals surface area contributed by atoms with Crippen molar-refractivity contribution in [2.45, 2.75) is 63.3 Å². The molecule has 224 valence electrons. The van der Waals surface area contributed by atoms with Gasteiger partial charge in [0.05, 0.1) is 6.04 Å². The minimum Gasteiger partial charge on any atom is -0.481 e. The summed E-state index contributed by atoms with van der Waals surface area (Å²) in [7, 11) is 0. The Balaban J connectivity index is 1.84. The summed E-state index contributed by atoms with van der Waals surface area (Å²) in [4.78, 5) is 26.8. The molecular weight excluding hydrogens is 542 g/mol. The Morgan fingerprint density at radius 2 is 1.55 bits per heavy atom. The molecule has 4 N–H and O–H groups in total. The number of aliphatic carboxylic acids is 1. The van der Waals surface area contributed by atoms with E-state index in [1.165, 1.54) is 30.3 Å². The van der Waals surface area contributed by atoms with Crippen molar-refractivity contribution in [2.24, 2.45) is 11.8 Å². The van der Waals surface area contributed by atoms with E-state index >= 15 is 0 Å². The van der Waals surface area contributed by atoms with E-state index in [1.807, 2.05) is 0 Å². The van der Waals surface area contributed by atoms with Crippen molar-refractivity contribution in [1.82, 2.24) is 4.90 Å². The first kappa shape index (κ1) is 31.3. The average molecular weight is 581 g/mol. The number of carbonyl (C=O) groups is 2. The fraction of sp³-hybridized carbons (Fsp3) is 0.394. The predicted molar refractivity (Wildman–Crippen MR) is 155 cm³/mol. The van der Waals surface area contributed by atoms with E-state index in [9.17, 15) is 28.6 Å². The second kappa shape index (κ2) is 13.1. The molecule has 4 unspecified atom stereocenters. The van der Waals surface area contributed by atoms with Gasteiger partial charge in [-0.1, -0.05) is 75.2 Å². The van der Waals surface area contributed by atoms with E-state index in [-0.39, 0.29) is 18.7 Å². The highest BCUT2D eigenvalue weighted by atomic mass is 19.1. The van der Waals surface area contributed by atoms with Crippen molar-refractivity contribution >= 4 is 17.6 Å². The topological polar surface area (TPSA) is 110 Å². The zero-order valence-corrected chi connectivity index (χ0v) is 23.8. The number of carbonyl (C=O) groups excluding carboxylic acids is 1. The second-order valence-corrected chi connectivity index (χ2v) is 11.3. The monoisotopic (exact) mass is 580 g/mol. The van der Waals surface area contributed by atoms with Crippen LogP contribution in [0.25, 0.3) is 0 Å². The molecule has 3 aromatic carbocycles. The number of aliphatic hydroxyl groups is 2. The highest BCUT2D eigenvalue weighted by Crippen LogP contribution is 2.59. The fourth-order valence-electron chi connectivity index (χ4n) is 6.26. The van der Waals surface area contributed by atoms with Crippen molar-refractivity contribution in [3.8, 4) is 0 Å². The molecule has 7 nitrogen and oxygen atoms in total. The van der Waals surface area contributed by atoms with E-state index in [2.05, 4.69) is 5.32 Å². The predicted octanol–water partition coefficient (Wildman–Crippen LogP) is 5.84. The third-order valence-electron chi connectivity index (χ3n) is 8.22. The van der Waals surface area contributed by atoms with Crippen molar-refractivity contribution in [2.75, 3.05) is 11.9 Å². The third-order valence-corrected chi connectivity index (χ3v) is 8.22. The highest BCUT2D eigenvalue weighted by Gasteiger charge is 2.70. The number of benzene rings is 3. The molecule has 4 atom stereocenters. The number of halogens is 2. The van der Waals surface area contributed by atoms with Crippen LogP contribution >= 0.6 is 0 Å². The smallest absolute Gasteiger partial charge is 0.303 e. The minimum atomic E-state index is -1.99. The van der Waals surface area contributed by atoms with Gasteiger partial charge in [-0.15, -0.1) is 0 Å². The van der Waals surface area contributed by atoms with Crippen LogP contribution in [0.1, 0.15) is 63.1 Å². The van der Waals surface area contributed by atoms with Gasteiger partial charge in [-0.3, -0.25) is 14.5 Å². The van der Waals surface area contributed by atoms with Crippen LogP contribution in [0.2, 0.25) is 0 Å². The van der Waals surface area contributed by atoms with Crippen LogP contribution in [0.3, 0.4) is 0 Å². The number of hydrogen-bond donors (Lipinski definition) is 4. The normalized spacial score (nSPS) is 24.2. The van der Waals surface area contributed by atoms with E-state index in [0.29, 0.717) is 36.8 Å². The standard InChI is InChI=1S/C33H38F2N2O5/c1-22(2)33(42)29(31(40)36-27-14-10-13-26(35)21-27)32(41,24-11-6-5-7-12-24)30(23-16-18-25(34)19-17-23)37(33)20-9-4-3-8-15-28(38)39/h5-7,10-14,16-19,21-22,29-30,41-42H,3-4,8-9,15,20H2,1-2H3,(H,36,40)(H,38,39). The summed E-state index contributed by atoms with van der Waals surface area (Å²) in [6.45, 7) is 3.80. The van der Waals surface area contributed by atoms with Gasteiger partial charge in [0.15, 0.2) is 0 Å². The number of carboxylic acids is 1. The van der Waals surface area contributed by atoms with E-state index < -0.39 is 52.7 Å². The van der Waals surface area contributed by atoms with Crippen LogP contribution in [0.5, 0.6) is 0 Å². The Labute approximate surface area is 244 Å². The lowest BCUT2D eigenvalue weighted by Gasteiger charge is -2.42. The number of unbranched alkanes of at least 4 members (excludes halogenated alkanes) is 3. The molecule has 0 saturated carbocycles. The lowest BCUT2D eigenvalue weighted by molar-refractivity contribution is -0.170. The molecule has 4 rings (SSSR count). The maximum atomic E-state index is 14.2. The molecule has 42 heavy (non-hydrogen) atoms. The van der Waals surface area contributed by atoms with Crippen LogP contribution in [-0.4, -0.2) is 44.4 Å². The minimum absolute atomic E-state index is 0.0634. The molecule has 3 aromatic rings. The van der Waals surface area contributed by atoms with Gasteiger partial charge < -0.3 is 20.6 Å². The third kappa shape index (κ3) is 6.23. The van der Waals surface area contributed by atoms with Gasteiger partial charge >= 0.3 is 5.97 Å². The number of nitrogens with zero attached hydrogens (tertiary/aromatic N) is 1. The SMILES string of the molecule is CC(C)C1(O)C(C(=O)Nc2cccc(F)c2)C(O)(c2ccccc2)C(c2ccc(F)cc2)N1CCCCCCC(=O)O. The number of rotatable bonds is 12. The van der Waals surface area contributed by atoms with Crippen LogP contribution in [0.4, 0.5) is 14.5 Å². The van der Waals surface area contributed by atoms with Gasteiger partial charge in [-0.05, 0) is 60.2 Å². The lowest BCUT2D eigenvalue weighted by Crippen LogP contribution is -2.57. The summed E-state index contributed by atoms with van der Waals surface area (Å²) in [6.07, 6.45) is 2.45. The van der Waals surface area contributed by atoms with Crippen LogP contribution in [0, 0.1) is 23.5 Å². The molecule has 0 bridgehead atoms. The Kier molecular flexibility index (Phi) is 9.76. The molecular formula is C33H38F2N2O5. The van der Waals surface area contributed by atoms with Crippen molar-refractivity contribution in [3.05, 3.63) is 102 Å². The van der Waals surface area contributed by atoms with Crippen LogP contribution < -0.4 is 5.32 Å². The molecule has 0 aliphatic carbocycles. The quantitative estimate of drug-likeness (QED) is 0.200. The zero-order valence-electron chi connectivity index (χ0n) is 23.8. The number of likely N-dealkylation sites (tertiary alicyclic amines) is 1. The second-order valence-electron chi connectivity index (χ2n) is 11.3. The molecule has 1 saturated heterocycles. The summed E-state index contributed by atoms with van der Waals surface area (Å²) in [5, 5.41) is 37.2. The van der Waals surface area contributed by atoms with Gasteiger partial charge in [0.2, 0.25) is 5.91 Å². The van der Waals surface area contributed by atoms with Crippen molar-refractivity contribution in [1.29, 1.82) is 0 Å². The number of hydrogen-bond acceptors (Lipinski definition) is 5. The van der Waals surface area contributed by atoms with Gasteiger partial charge in [0, 0.05) is 18.7 Å². The Hall–Kier alpha value is -3.66. The molecule has 1 fully saturated rings. The van der Waals surface area contributed by atoms with Gasteiger partial charge in [-0.25, -0.2) is 8.78 Å². The number of carboxylic acid groups (broad SMARTS) is 1. The average Bonchev–Trinajstić information content (AvgIpc) is 3.16. The molecule has 0 aromatic heterocycles. The fourth-order valence-corrected chi connectivity index (χ4v) is 6.26. The van der Waals surface area contributed by atoms with Gasteiger partial charge in [-0.2, -0.15) is 0 Å². The summed E-state index contributed by atoms with van der Waals surface area (Å²) in [5.74, 6) is -4.58. The molecule has 0 spiro atoms. The van der Waals surface area contributed by atoms with E-state index in [4.69, 9.17) is 5.11 Å². The van der Waals surface area contributed by atoms with Crippen molar-refractivity contribution < 1.29 is 33.7 Å². The first-order valence-corrected chi connectivity index (χ1v) is 14.3. The largest absolute Gasteiger partial charge is 0.481 e. The molecule has 1 amide bonds. The number of amides is 1. The molecule has 1 heterocycles. The maximum Gasteiger partial charge on any atom is 0.303 e. The van der Waals surface area contributed by atoms with Gasteiger partial charge in [0.1, 0.15) is 28.9 Å². The zero-order chi connectivity index (χ0) is 30.5.